The van der Waals surface area contributed by atoms with Crippen molar-refractivity contribution in [2.24, 2.45) is 5.92 Å². The average molecular weight is 322 g/mol. The summed E-state index contributed by atoms with van der Waals surface area (Å²) in [5.74, 6) is -3.60. The van der Waals surface area contributed by atoms with E-state index in [1.54, 1.807) is 13.8 Å². The van der Waals surface area contributed by atoms with Gasteiger partial charge in [-0.3, -0.25) is 0 Å². The molecule has 0 aromatic carbocycles. The standard InChI is InChI=1S/C10H14O5.Ag/c1-5(2)7(11)6-8(12)14-10(3,4)15-9(6)13;/h5,11H,1-4H3;. The fourth-order valence-corrected chi connectivity index (χ4v) is 1.15. The van der Waals surface area contributed by atoms with Crippen molar-refractivity contribution in [3.05, 3.63) is 11.3 Å². The quantitative estimate of drug-likeness (QED) is 0.259. The Morgan fingerprint density at radius 2 is 1.56 bits per heavy atom. The Labute approximate surface area is 109 Å². The zero-order valence-corrected chi connectivity index (χ0v) is 10.9. The number of carbonyl (C=O) groups is 2. The van der Waals surface area contributed by atoms with E-state index in [2.05, 4.69) is 0 Å². The van der Waals surface area contributed by atoms with Crippen LogP contribution in [0.25, 0.3) is 0 Å². The van der Waals surface area contributed by atoms with Crippen molar-refractivity contribution in [3.8, 4) is 0 Å². The summed E-state index contributed by atoms with van der Waals surface area (Å²) in [6.07, 6.45) is 0. The Hall–Kier alpha value is -0.780. The van der Waals surface area contributed by atoms with Crippen LogP contribution >= 0.6 is 0 Å². The first-order valence-electron chi connectivity index (χ1n) is 4.64. The molecule has 0 unspecified atom stereocenters. The second-order valence-electron chi connectivity index (χ2n) is 4.09. The van der Waals surface area contributed by atoms with Crippen molar-refractivity contribution in [1.82, 2.24) is 0 Å². The summed E-state index contributed by atoms with van der Waals surface area (Å²) in [6.45, 7) is 6.21. The molecule has 0 bridgehead atoms. The number of allylic oxidation sites excluding steroid dienone is 1. The summed E-state index contributed by atoms with van der Waals surface area (Å²) in [5, 5.41) is 9.54. The van der Waals surface area contributed by atoms with Crippen LogP contribution in [0.15, 0.2) is 11.3 Å². The Bertz CT molecular complexity index is 321. The molecule has 5 nitrogen and oxygen atoms in total. The Morgan fingerprint density at radius 3 is 1.88 bits per heavy atom. The van der Waals surface area contributed by atoms with Crippen LogP contribution in [-0.2, 0) is 41.4 Å². The van der Waals surface area contributed by atoms with Gasteiger partial charge in [-0.15, -0.1) is 0 Å². The van der Waals surface area contributed by atoms with Crippen LogP contribution in [-0.4, -0.2) is 22.8 Å². The third-order valence-corrected chi connectivity index (χ3v) is 1.89. The maximum absolute atomic E-state index is 11.4. The zero-order chi connectivity index (χ0) is 11.8. The van der Waals surface area contributed by atoms with Gasteiger partial charge >= 0.3 is 11.9 Å². The molecule has 0 saturated carbocycles. The van der Waals surface area contributed by atoms with Crippen molar-refractivity contribution in [2.45, 2.75) is 33.5 Å². The smallest absolute Gasteiger partial charge is 0.352 e. The molecule has 1 aliphatic heterocycles. The van der Waals surface area contributed by atoms with Gasteiger partial charge in [0.25, 0.3) is 5.79 Å². The van der Waals surface area contributed by atoms with Crippen LogP contribution in [0.5, 0.6) is 0 Å². The van der Waals surface area contributed by atoms with Crippen molar-refractivity contribution in [3.63, 3.8) is 0 Å². The number of ether oxygens (including phenoxy) is 2. The number of aliphatic hydroxyl groups is 1. The topological polar surface area (TPSA) is 72.8 Å². The van der Waals surface area contributed by atoms with E-state index in [0.717, 1.165) is 0 Å². The number of esters is 2. The molecule has 6 heteroatoms. The predicted octanol–water partition coefficient (Wildman–Crippen LogP) is 1.29. The summed E-state index contributed by atoms with van der Waals surface area (Å²) in [4.78, 5) is 22.9. The minimum absolute atomic E-state index is 0. The minimum Gasteiger partial charge on any atom is -0.511 e. The minimum atomic E-state index is -1.27. The maximum atomic E-state index is 11.4. The van der Waals surface area contributed by atoms with Crippen LogP contribution in [0.4, 0.5) is 0 Å². The van der Waals surface area contributed by atoms with Gasteiger partial charge in [0, 0.05) is 42.1 Å². The molecular formula is C10H14AgO5. The SMILES string of the molecule is CC(C)C(O)=C1C(=O)OC(C)(C)OC1=O.[Ag]. The molecule has 1 saturated heterocycles. The number of cyclic esters (lactones) is 2. The van der Waals surface area contributed by atoms with Crippen LogP contribution in [0.1, 0.15) is 27.7 Å². The molecule has 0 aliphatic carbocycles. The third kappa shape index (κ3) is 3.10. The molecule has 0 spiro atoms. The maximum Gasteiger partial charge on any atom is 0.352 e. The molecule has 16 heavy (non-hydrogen) atoms. The fraction of sp³-hybridized carbons (Fsp3) is 0.600. The molecule has 0 amide bonds. The summed E-state index contributed by atoms with van der Waals surface area (Å²) in [7, 11) is 0. The largest absolute Gasteiger partial charge is 0.511 e. The monoisotopic (exact) mass is 321 g/mol. The van der Waals surface area contributed by atoms with Gasteiger partial charge in [0.15, 0.2) is 5.57 Å². The van der Waals surface area contributed by atoms with E-state index < -0.39 is 23.3 Å². The molecule has 0 aromatic rings. The zero-order valence-electron chi connectivity index (χ0n) is 9.46. The van der Waals surface area contributed by atoms with E-state index in [0.29, 0.717) is 0 Å². The number of hydrogen-bond acceptors (Lipinski definition) is 5. The van der Waals surface area contributed by atoms with E-state index in [9.17, 15) is 14.7 Å². The Kier molecular flexibility index (Phi) is 4.79. The van der Waals surface area contributed by atoms with Crippen LogP contribution < -0.4 is 0 Å². The number of rotatable bonds is 1. The van der Waals surface area contributed by atoms with Gasteiger partial charge in [-0.1, -0.05) is 13.8 Å². The first-order valence-corrected chi connectivity index (χ1v) is 4.64. The van der Waals surface area contributed by atoms with Gasteiger partial charge in [-0.2, -0.15) is 0 Å². The average Bonchev–Trinajstić information content (AvgIpc) is 1.99. The molecule has 1 N–H and O–H groups in total. The molecule has 1 rings (SSSR count). The molecular weight excluding hydrogens is 308 g/mol. The Morgan fingerprint density at radius 1 is 1.19 bits per heavy atom. The summed E-state index contributed by atoms with van der Waals surface area (Å²) in [6, 6.07) is 0. The van der Waals surface area contributed by atoms with Gasteiger partial charge in [0.1, 0.15) is 5.76 Å². The van der Waals surface area contributed by atoms with E-state index in [1.807, 2.05) is 0 Å². The summed E-state index contributed by atoms with van der Waals surface area (Å²) in [5.41, 5.74) is -0.413. The van der Waals surface area contributed by atoms with Gasteiger partial charge in [-0.25, -0.2) is 9.59 Å². The van der Waals surface area contributed by atoms with Gasteiger partial charge in [0.05, 0.1) is 0 Å². The molecule has 95 valence electrons. The van der Waals surface area contributed by atoms with E-state index >= 15 is 0 Å². The van der Waals surface area contributed by atoms with E-state index in [4.69, 9.17) is 9.47 Å². The van der Waals surface area contributed by atoms with E-state index in [1.165, 1.54) is 13.8 Å². The first-order chi connectivity index (χ1) is 6.74. The summed E-state index contributed by atoms with van der Waals surface area (Å²) >= 11 is 0. The number of hydrogen-bond donors (Lipinski definition) is 1. The van der Waals surface area contributed by atoms with Crippen molar-refractivity contribution >= 4 is 11.9 Å². The molecule has 0 aromatic heterocycles. The second-order valence-corrected chi connectivity index (χ2v) is 4.09. The molecule has 1 aliphatic rings. The molecule has 1 radical (unpaired) electrons. The van der Waals surface area contributed by atoms with Crippen LogP contribution in [0.2, 0.25) is 0 Å². The number of carbonyl (C=O) groups excluding carboxylic acids is 2. The third-order valence-electron chi connectivity index (χ3n) is 1.89. The molecule has 1 fully saturated rings. The fourth-order valence-electron chi connectivity index (χ4n) is 1.15. The molecule has 1 heterocycles. The van der Waals surface area contributed by atoms with Crippen molar-refractivity contribution in [2.75, 3.05) is 0 Å². The van der Waals surface area contributed by atoms with E-state index in [-0.39, 0.29) is 34.1 Å². The van der Waals surface area contributed by atoms with Crippen LogP contribution in [0, 0.1) is 5.92 Å². The van der Waals surface area contributed by atoms with Crippen molar-refractivity contribution < 1.29 is 46.5 Å². The Balaban J connectivity index is 0.00000225. The van der Waals surface area contributed by atoms with Gasteiger partial charge in [0.2, 0.25) is 0 Å². The number of aliphatic hydroxyl groups excluding tert-OH is 1. The second kappa shape index (κ2) is 5.03. The first kappa shape index (κ1) is 15.2. The normalized spacial score (nSPS) is 18.7. The molecule has 0 atom stereocenters. The van der Waals surface area contributed by atoms with Gasteiger partial charge in [-0.05, 0) is 0 Å². The van der Waals surface area contributed by atoms with Crippen molar-refractivity contribution in [1.29, 1.82) is 0 Å². The summed E-state index contributed by atoms with van der Waals surface area (Å²) < 4.78 is 9.66. The predicted molar refractivity (Wildman–Crippen MR) is 50.8 cm³/mol. The van der Waals surface area contributed by atoms with Gasteiger partial charge < -0.3 is 14.6 Å². The van der Waals surface area contributed by atoms with Crippen LogP contribution in [0.3, 0.4) is 0 Å².